The molecule has 2 aliphatic rings. The minimum atomic E-state index is 0.559. The first kappa shape index (κ1) is 20.5. The first-order valence-corrected chi connectivity index (χ1v) is 10.4. The minimum Gasteiger partial charge on any atom is -0.384 e. The number of nitrogens with zero attached hydrogens (tertiary/aromatic N) is 3. The SMILES string of the molecule is CCNC(=NCC(C(C)C)N1CCCCCC1)N1CCC(COC)C1. The highest BCUT2D eigenvalue weighted by Gasteiger charge is 2.26. The van der Waals surface area contributed by atoms with Gasteiger partial charge in [-0.15, -0.1) is 0 Å². The van der Waals surface area contributed by atoms with E-state index < -0.39 is 0 Å². The lowest BCUT2D eigenvalue weighted by molar-refractivity contribution is 0.157. The highest BCUT2D eigenvalue weighted by Crippen LogP contribution is 2.19. The van der Waals surface area contributed by atoms with Crippen molar-refractivity contribution in [3.8, 4) is 0 Å². The molecule has 0 spiro atoms. The maximum atomic E-state index is 5.34. The molecule has 0 aromatic heterocycles. The predicted molar refractivity (Wildman–Crippen MR) is 106 cm³/mol. The van der Waals surface area contributed by atoms with Crippen molar-refractivity contribution in [3.63, 3.8) is 0 Å². The van der Waals surface area contributed by atoms with Crippen molar-refractivity contribution in [1.82, 2.24) is 15.1 Å². The summed E-state index contributed by atoms with van der Waals surface area (Å²) in [5.74, 6) is 2.38. The zero-order valence-corrected chi connectivity index (χ0v) is 17.0. The molecule has 0 aromatic carbocycles. The van der Waals surface area contributed by atoms with Crippen molar-refractivity contribution in [1.29, 1.82) is 0 Å². The molecule has 5 nitrogen and oxygen atoms in total. The Kier molecular flexibility index (Phi) is 9.04. The largest absolute Gasteiger partial charge is 0.384 e. The van der Waals surface area contributed by atoms with E-state index in [1.165, 1.54) is 45.2 Å². The van der Waals surface area contributed by atoms with Gasteiger partial charge in [-0.25, -0.2) is 0 Å². The van der Waals surface area contributed by atoms with E-state index in [4.69, 9.17) is 9.73 Å². The second kappa shape index (κ2) is 11.0. The Bertz CT molecular complexity index is 391. The summed E-state index contributed by atoms with van der Waals surface area (Å²) in [6.07, 6.45) is 6.68. The molecule has 5 heteroatoms. The van der Waals surface area contributed by atoms with E-state index in [1.54, 1.807) is 7.11 Å². The van der Waals surface area contributed by atoms with Crippen molar-refractivity contribution >= 4 is 5.96 Å². The van der Waals surface area contributed by atoms with Crippen molar-refractivity contribution in [2.24, 2.45) is 16.8 Å². The lowest BCUT2D eigenvalue weighted by Gasteiger charge is -2.33. The summed E-state index contributed by atoms with van der Waals surface area (Å²) in [5, 5.41) is 3.51. The molecule has 0 bridgehead atoms. The standard InChI is InChI=1S/C20H40N4O/c1-5-21-20(24-13-10-18(15-24)16-25-4)22-14-19(17(2)3)23-11-8-6-7-9-12-23/h17-19H,5-16H2,1-4H3,(H,21,22). The van der Waals surface area contributed by atoms with Crippen LogP contribution < -0.4 is 5.32 Å². The average Bonchev–Trinajstić information content (AvgIpc) is 2.88. The third-order valence-corrected chi connectivity index (χ3v) is 5.63. The molecule has 2 fully saturated rings. The molecule has 0 aliphatic carbocycles. The quantitative estimate of drug-likeness (QED) is 0.565. The third kappa shape index (κ3) is 6.45. The number of ether oxygens (including phenoxy) is 1. The average molecular weight is 353 g/mol. The number of methoxy groups -OCH3 is 1. The van der Waals surface area contributed by atoms with E-state index in [0.717, 1.165) is 38.7 Å². The van der Waals surface area contributed by atoms with Crippen LogP contribution in [0.1, 0.15) is 52.9 Å². The molecular formula is C20H40N4O. The molecule has 2 unspecified atom stereocenters. The van der Waals surface area contributed by atoms with Crippen LogP contribution in [0.3, 0.4) is 0 Å². The van der Waals surface area contributed by atoms with Gasteiger partial charge in [0.05, 0.1) is 13.2 Å². The van der Waals surface area contributed by atoms with E-state index in [2.05, 4.69) is 35.9 Å². The van der Waals surface area contributed by atoms with Gasteiger partial charge in [-0.2, -0.15) is 0 Å². The van der Waals surface area contributed by atoms with E-state index in [-0.39, 0.29) is 0 Å². The van der Waals surface area contributed by atoms with Gasteiger partial charge in [0.2, 0.25) is 0 Å². The number of nitrogens with one attached hydrogen (secondary N) is 1. The lowest BCUT2D eigenvalue weighted by atomic mass is 10.0. The van der Waals surface area contributed by atoms with Crippen LogP contribution in [0, 0.1) is 11.8 Å². The van der Waals surface area contributed by atoms with E-state index in [0.29, 0.717) is 17.9 Å². The number of hydrogen-bond donors (Lipinski definition) is 1. The molecule has 2 rings (SSSR count). The van der Waals surface area contributed by atoms with Gasteiger partial charge in [-0.05, 0) is 45.2 Å². The maximum Gasteiger partial charge on any atom is 0.193 e. The van der Waals surface area contributed by atoms with Crippen molar-refractivity contribution < 1.29 is 4.74 Å². The number of rotatable bonds is 7. The van der Waals surface area contributed by atoms with Gasteiger partial charge in [0, 0.05) is 38.7 Å². The third-order valence-electron chi connectivity index (χ3n) is 5.63. The van der Waals surface area contributed by atoms with Gasteiger partial charge >= 0.3 is 0 Å². The number of aliphatic imine (C=N–C) groups is 1. The fraction of sp³-hybridized carbons (Fsp3) is 0.950. The number of guanidine groups is 1. The Balaban J connectivity index is 1.99. The van der Waals surface area contributed by atoms with Crippen LogP contribution in [0.2, 0.25) is 0 Å². The van der Waals surface area contributed by atoms with E-state index >= 15 is 0 Å². The van der Waals surface area contributed by atoms with Crippen LogP contribution in [-0.4, -0.2) is 74.8 Å². The van der Waals surface area contributed by atoms with Crippen molar-refractivity contribution in [2.45, 2.75) is 58.9 Å². The molecule has 25 heavy (non-hydrogen) atoms. The molecule has 0 aromatic rings. The smallest absolute Gasteiger partial charge is 0.193 e. The Hall–Kier alpha value is -0.810. The normalized spacial score (nSPS) is 24.6. The van der Waals surface area contributed by atoms with Crippen molar-refractivity contribution in [2.75, 3.05) is 53.0 Å². The summed E-state index contributed by atoms with van der Waals surface area (Å²) in [6, 6.07) is 0.559. The lowest BCUT2D eigenvalue weighted by Crippen LogP contribution is -2.44. The highest BCUT2D eigenvalue weighted by molar-refractivity contribution is 5.80. The fourth-order valence-corrected chi connectivity index (χ4v) is 4.18. The first-order chi connectivity index (χ1) is 12.2. The van der Waals surface area contributed by atoms with Crippen LogP contribution in [-0.2, 0) is 4.74 Å². The zero-order chi connectivity index (χ0) is 18.1. The first-order valence-electron chi connectivity index (χ1n) is 10.4. The van der Waals surface area contributed by atoms with Crippen LogP contribution in [0.15, 0.2) is 4.99 Å². The van der Waals surface area contributed by atoms with Crippen LogP contribution >= 0.6 is 0 Å². The second-order valence-electron chi connectivity index (χ2n) is 8.01. The van der Waals surface area contributed by atoms with E-state index in [9.17, 15) is 0 Å². The van der Waals surface area contributed by atoms with Gasteiger partial charge in [-0.1, -0.05) is 26.7 Å². The molecule has 0 saturated carbocycles. The molecule has 2 atom stereocenters. The maximum absolute atomic E-state index is 5.34. The summed E-state index contributed by atoms with van der Waals surface area (Å²) in [5.41, 5.74) is 0. The summed E-state index contributed by atoms with van der Waals surface area (Å²) in [4.78, 5) is 10.2. The van der Waals surface area contributed by atoms with Gasteiger partial charge in [-0.3, -0.25) is 9.89 Å². The molecular weight excluding hydrogens is 312 g/mol. The molecule has 0 amide bonds. The molecule has 2 saturated heterocycles. The zero-order valence-electron chi connectivity index (χ0n) is 17.0. The van der Waals surface area contributed by atoms with Gasteiger partial charge in [0.15, 0.2) is 5.96 Å². The van der Waals surface area contributed by atoms with Gasteiger partial charge in [0.1, 0.15) is 0 Å². The molecule has 1 N–H and O–H groups in total. The van der Waals surface area contributed by atoms with Crippen LogP contribution in [0.4, 0.5) is 0 Å². The Labute approximate surface area is 155 Å². The molecule has 146 valence electrons. The van der Waals surface area contributed by atoms with Crippen LogP contribution in [0.25, 0.3) is 0 Å². The van der Waals surface area contributed by atoms with E-state index in [1.807, 2.05) is 0 Å². The molecule has 0 radical (unpaired) electrons. The predicted octanol–water partition coefficient (Wildman–Crippen LogP) is 2.82. The summed E-state index contributed by atoms with van der Waals surface area (Å²) in [6.45, 7) is 14.2. The van der Waals surface area contributed by atoms with Crippen molar-refractivity contribution in [3.05, 3.63) is 0 Å². The van der Waals surface area contributed by atoms with Gasteiger partial charge in [0.25, 0.3) is 0 Å². The Morgan fingerprint density at radius 2 is 1.88 bits per heavy atom. The highest BCUT2D eigenvalue weighted by atomic mass is 16.5. The monoisotopic (exact) mass is 352 g/mol. The minimum absolute atomic E-state index is 0.559. The van der Waals surface area contributed by atoms with Crippen LogP contribution in [0.5, 0.6) is 0 Å². The number of hydrogen-bond acceptors (Lipinski definition) is 3. The summed E-state index contributed by atoms with van der Waals surface area (Å²) in [7, 11) is 1.80. The molecule has 2 aliphatic heterocycles. The topological polar surface area (TPSA) is 40.1 Å². The fourth-order valence-electron chi connectivity index (χ4n) is 4.18. The Morgan fingerprint density at radius 3 is 2.48 bits per heavy atom. The summed E-state index contributed by atoms with van der Waals surface area (Å²) >= 11 is 0. The van der Waals surface area contributed by atoms with Gasteiger partial charge < -0.3 is 15.0 Å². The Morgan fingerprint density at radius 1 is 1.16 bits per heavy atom. The number of likely N-dealkylation sites (tertiary alicyclic amines) is 2. The second-order valence-corrected chi connectivity index (χ2v) is 8.01. The molecule has 2 heterocycles. The summed E-state index contributed by atoms with van der Waals surface area (Å²) < 4.78 is 5.34.